The summed E-state index contributed by atoms with van der Waals surface area (Å²) in [5.74, 6) is -1.06. The van der Waals surface area contributed by atoms with Crippen LogP contribution >= 0.6 is 0 Å². The van der Waals surface area contributed by atoms with Crippen LogP contribution in [0.1, 0.15) is 30.5 Å². The van der Waals surface area contributed by atoms with Gasteiger partial charge in [0.25, 0.3) is 0 Å². The molecule has 1 aliphatic heterocycles. The van der Waals surface area contributed by atoms with Crippen LogP contribution in [0.4, 0.5) is 4.79 Å². The SMILES string of the molecule is CCOC(=O)C1=C(COC(=O)Cc2coc3cc(C)c(C)cc23)NC(=O)NC1C. The van der Waals surface area contributed by atoms with Crippen molar-refractivity contribution in [1.82, 2.24) is 10.6 Å². The molecule has 1 aromatic carbocycles. The van der Waals surface area contributed by atoms with Crippen molar-refractivity contribution >= 4 is 28.9 Å². The first-order valence-electron chi connectivity index (χ1n) is 9.40. The highest BCUT2D eigenvalue weighted by Crippen LogP contribution is 2.25. The van der Waals surface area contributed by atoms with Gasteiger partial charge in [-0.3, -0.25) is 4.79 Å². The second-order valence-electron chi connectivity index (χ2n) is 6.96. The van der Waals surface area contributed by atoms with Crippen LogP contribution in [0.5, 0.6) is 0 Å². The number of carbonyl (C=O) groups is 3. The standard InChI is InChI=1S/C21H24N2O6/c1-5-27-20(25)19-13(4)22-21(26)23-16(19)10-29-18(24)8-14-9-28-17-7-12(3)11(2)6-15(14)17/h6-7,9,13H,5,8,10H2,1-4H3,(H2,22,23,26). The number of furan rings is 1. The molecule has 1 unspecified atom stereocenters. The first-order chi connectivity index (χ1) is 13.8. The number of benzene rings is 1. The quantitative estimate of drug-likeness (QED) is 0.722. The number of fused-ring (bicyclic) bond motifs is 1. The zero-order valence-electron chi connectivity index (χ0n) is 16.9. The number of esters is 2. The van der Waals surface area contributed by atoms with Crippen LogP contribution in [0.25, 0.3) is 11.0 Å². The van der Waals surface area contributed by atoms with Gasteiger partial charge in [-0.05, 0) is 51.0 Å². The summed E-state index contributed by atoms with van der Waals surface area (Å²) < 4.78 is 15.9. The summed E-state index contributed by atoms with van der Waals surface area (Å²) in [6.45, 7) is 7.30. The highest BCUT2D eigenvalue weighted by atomic mass is 16.5. The fourth-order valence-electron chi connectivity index (χ4n) is 3.23. The molecule has 2 amide bonds. The van der Waals surface area contributed by atoms with Crippen molar-refractivity contribution in [3.05, 3.63) is 46.4 Å². The third kappa shape index (κ3) is 4.42. The van der Waals surface area contributed by atoms with Gasteiger partial charge < -0.3 is 24.5 Å². The molecule has 0 fully saturated rings. The van der Waals surface area contributed by atoms with Gasteiger partial charge in [0.1, 0.15) is 12.2 Å². The molecule has 0 aliphatic carbocycles. The van der Waals surface area contributed by atoms with E-state index in [2.05, 4.69) is 10.6 Å². The summed E-state index contributed by atoms with van der Waals surface area (Å²) in [5.41, 5.74) is 4.09. The Balaban J connectivity index is 1.73. The zero-order chi connectivity index (χ0) is 21.1. The zero-order valence-corrected chi connectivity index (χ0v) is 16.9. The summed E-state index contributed by atoms with van der Waals surface area (Å²) in [7, 11) is 0. The second-order valence-corrected chi connectivity index (χ2v) is 6.96. The highest BCUT2D eigenvalue weighted by molar-refractivity contribution is 5.95. The molecular formula is C21H24N2O6. The lowest BCUT2D eigenvalue weighted by Crippen LogP contribution is -2.50. The van der Waals surface area contributed by atoms with Crippen LogP contribution in [0.15, 0.2) is 34.1 Å². The molecule has 3 rings (SSSR count). The van der Waals surface area contributed by atoms with Crippen LogP contribution in [-0.4, -0.2) is 37.2 Å². The number of aryl methyl sites for hydroxylation is 2. The number of rotatable bonds is 6. The fraction of sp³-hybridized carbons (Fsp3) is 0.381. The Labute approximate surface area is 168 Å². The van der Waals surface area contributed by atoms with Gasteiger partial charge in [-0.1, -0.05) is 0 Å². The summed E-state index contributed by atoms with van der Waals surface area (Å²) in [5, 5.41) is 5.98. The van der Waals surface area contributed by atoms with Gasteiger partial charge in [0.05, 0.1) is 36.6 Å². The number of carbonyl (C=O) groups excluding carboxylic acids is 3. The van der Waals surface area contributed by atoms with E-state index in [-0.39, 0.29) is 30.9 Å². The van der Waals surface area contributed by atoms with Gasteiger partial charge in [-0.25, -0.2) is 9.59 Å². The van der Waals surface area contributed by atoms with E-state index >= 15 is 0 Å². The molecule has 1 atom stereocenters. The Kier molecular flexibility index (Phi) is 5.91. The van der Waals surface area contributed by atoms with Gasteiger partial charge in [-0.15, -0.1) is 0 Å². The third-order valence-electron chi connectivity index (χ3n) is 4.85. The Bertz CT molecular complexity index is 1000. The first kappa shape index (κ1) is 20.4. The van der Waals surface area contributed by atoms with E-state index in [1.165, 1.54) is 0 Å². The Hall–Kier alpha value is -3.29. The summed E-state index contributed by atoms with van der Waals surface area (Å²) >= 11 is 0. The Morgan fingerprint density at radius 2 is 1.90 bits per heavy atom. The minimum atomic E-state index is -0.565. The van der Waals surface area contributed by atoms with E-state index in [0.29, 0.717) is 5.58 Å². The maximum absolute atomic E-state index is 12.4. The number of amides is 2. The number of hydrogen-bond donors (Lipinski definition) is 2. The van der Waals surface area contributed by atoms with Crippen molar-refractivity contribution in [2.24, 2.45) is 0 Å². The second kappa shape index (κ2) is 8.38. The summed E-state index contributed by atoms with van der Waals surface area (Å²) in [6.07, 6.45) is 1.56. The molecule has 0 saturated carbocycles. The van der Waals surface area contributed by atoms with Gasteiger partial charge in [0.15, 0.2) is 0 Å². The van der Waals surface area contributed by atoms with Crippen LogP contribution in [0.3, 0.4) is 0 Å². The molecule has 2 heterocycles. The van der Waals surface area contributed by atoms with E-state index in [0.717, 1.165) is 22.1 Å². The maximum atomic E-state index is 12.4. The topological polar surface area (TPSA) is 107 Å². The minimum absolute atomic E-state index is 0.0132. The predicted molar refractivity (Wildman–Crippen MR) is 105 cm³/mol. The molecule has 0 radical (unpaired) electrons. The number of ether oxygens (including phenoxy) is 2. The molecule has 0 saturated heterocycles. The third-order valence-corrected chi connectivity index (χ3v) is 4.85. The average molecular weight is 400 g/mol. The van der Waals surface area contributed by atoms with Crippen LogP contribution in [0.2, 0.25) is 0 Å². The van der Waals surface area contributed by atoms with Crippen molar-refractivity contribution < 1.29 is 28.3 Å². The molecule has 2 aromatic rings. The molecule has 8 nitrogen and oxygen atoms in total. The fourth-order valence-corrected chi connectivity index (χ4v) is 3.23. The van der Waals surface area contributed by atoms with Crippen molar-refractivity contribution in [2.75, 3.05) is 13.2 Å². The molecule has 29 heavy (non-hydrogen) atoms. The van der Waals surface area contributed by atoms with E-state index in [9.17, 15) is 14.4 Å². The number of urea groups is 1. The van der Waals surface area contributed by atoms with Gasteiger partial charge in [0.2, 0.25) is 0 Å². The summed E-state index contributed by atoms with van der Waals surface area (Å²) in [4.78, 5) is 36.3. The Morgan fingerprint density at radius 1 is 1.17 bits per heavy atom. The van der Waals surface area contributed by atoms with E-state index in [4.69, 9.17) is 13.9 Å². The van der Waals surface area contributed by atoms with E-state index in [1.807, 2.05) is 26.0 Å². The minimum Gasteiger partial charge on any atom is -0.464 e. The van der Waals surface area contributed by atoms with E-state index < -0.39 is 24.0 Å². The molecule has 154 valence electrons. The first-order valence-corrected chi connectivity index (χ1v) is 9.40. The van der Waals surface area contributed by atoms with Crippen molar-refractivity contribution in [3.8, 4) is 0 Å². The lowest BCUT2D eigenvalue weighted by atomic mass is 10.0. The molecule has 8 heteroatoms. The van der Waals surface area contributed by atoms with Gasteiger partial charge in [0, 0.05) is 10.9 Å². The molecule has 0 spiro atoms. The smallest absolute Gasteiger partial charge is 0.338 e. The molecule has 1 aromatic heterocycles. The van der Waals surface area contributed by atoms with Crippen molar-refractivity contribution in [2.45, 2.75) is 40.2 Å². The summed E-state index contributed by atoms with van der Waals surface area (Å²) in [6, 6.07) is 2.89. The monoisotopic (exact) mass is 400 g/mol. The number of nitrogens with one attached hydrogen (secondary N) is 2. The van der Waals surface area contributed by atoms with Gasteiger partial charge in [-0.2, -0.15) is 0 Å². The lowest BCUT2D eigenvalue weighted by molar-refractivity contribution is -0.143. The maximum Gasteiger partial charge on any atom is 0.338 e. The lowest BCUT2D eigenvalue weighted by Gasteiger charge is -2.26. The average Bonchev–Trinajstić information content (AvgIpc) is 3.01. The number of hydrogen-bond acceptors (Lipinski definition) is 6. The molecule has 1 aliphatic rings. The van der Waals surface area contributed by atoms with E-state index in [1.54, 1.807) is 20.1 Å². The molecule has 0 bridgehead atoms. The van der Waals surface area contributed by atoms with Crippen LogP contribution in [-0.2, 0) is 25.5 Å². The normalized spacial score (nSPS) is 16.4. The molecule has 2 N–H and O–H groups in total. The van der Waals surface area contributed by atoms with Gasteiger partial charge >= 0.3 is 18.0 Å². The predicted octanol–water partition coefficient (Wildman–Crippen LogP) is 2.65. The largest absolute Gasteiger partial charge is 0.464 e. The molecular weight excluding hydrogens is 376 g/mol. The van der Waals surface area contributed by atoms with Crippen molar-refractivity contribution in [3.63, 3.8) is 0 Å². The highest BCUT2D eigenvalue weighted by Gasteiger charge is 2.30. The van der Waals surface area contributed by atoms with Crippen LogP contribution in [0, 0.1) is 13.8 Å². The van der Waals surface area contributed by atoms with Crippen molar-refractivity contribution in [1.29, 1.82) is 0 Å². The van der Waals surface area contributed by atoms with Crippen LogP contribution < -0.4 is 10.6 Å². The Morgan fingerprint density at radius 3 is 2.62 bits per heavy atom.